The second kappa shape index (κ2) is 3.86. The summed E-state index contributed by atoms with van der Waals surface area (Å²) in [4.78, 5) is 0. The van der Waals surface area contributed by atoms with Gasteiger partial charge in [0.1, 0.15) is 12.4 Å². The van der Waals surface area contributed by atoms with Crippen LogP contribution in [0.3, 0.4) is 0 Å². The van der Waals surface area contributed by atoms with Crippen molar-refractivity contribution >= 4 is 12.2 Å². The third-order valence-corrected chi connectivity index (χ3v) is 2.80. The van der Waals surface area contributed by atoms with Crippen LogP contribution in [0.1, 0.15) is 16.7 Å². The van der Waals surface area contributed by atoms with Crippen LogP contribution in [0.15, 0.2) is 48.5 Å². The fourth-order valence-corrected chi connectivity index (χ4v) is 1.91. The summed E-state index contributed by atoms with van der Waals surface area (Å²) in [7, 11) is 0. The SMILES string of the molecule is C1=C\c2ccccc2OCc2ccccc2/1. The molecule has 16 heavy (non-hydrogen) atoms. The van der Waals surface area contributed by atoms with Gasteiger partial charge in [-0.25, -0.2) is 0 Å². The first-order chi connectivity index (χ1) is 7.93. The normalized spacial score (nSPS) is 15.0. The zero-order valence-electron chi connectivity index (χ0n) is 8.89. The molecule has 0 saturated carbocycles. The highest BCUT2D eigenvalue weighted by Gasteiger charge is 2.06. The molecule has 1 heterocycles. The lowest BCUT2D eigenvalue weighted by molar-refractivity contribution is 0.305. The van der Waals surface area contributed by atoms with E-state index >= 15 is 0 Å². The first-order valence-electron chi connectivity index (χ1n) is 5.41. The van der Waals surface area contributed by atoms with Crippen molar-refractivity contribution in [1.82, 2.24) is 0 Å². The maximum atomic E-state index is 5.80. The Morgan fingerprint density at radius 1 is 0.750 bits per heavy atom. The first-order valence-corrected chi connectivity index (χ1v) is 5.41. The molecule has 2 aromatic rings. The van der Waals surface area contributed by atoms with Crippen LogP contribution >= 0.6 is 0 Å². The van der Waals surface area contributed by atoms with Crippen molar-refractivity contribution in [2.75, 3.05) is 0 Å². The van der Waals surface area contributed by atoms with Crippen LogP contribution in [0.2, 0.25) is 0 Å². The van der Waals surface area contributed by atoms with E-state index in [2.05, 4.69) is 36.4 Å². The van der Waals surface area contributed by atoms with Crippen LogP contribution in [-0.4, -0.2) is 0 Å². The second-order valence-electron chi connectivity index (χ2n) is 3.86. The van der Waals surface area contributed by atoms with Gasteiger partial charge in [-0.3, -0.25) is 0 Å². The third-order valence-electron chi connectivity index (χ3n) is 2.80. The van der Waals surface area contributed by atoms with E-state index in [-0.39, 0.29) is 0 Å². The van der Waals surface area contributed by atoms with Crippen LogP contribution in [0.5, 0.6) is 5.75 Å². The fourth-order valence-electron chi connectivity index (χ4n) is 1.91. The highest BCUT2D eigenvalue weighted by molar-refractivity contribution is 5.74. The summed E-state index contributed by atoms with van der Waals surface area (Å²) in [5, 5.41) is 0. The van der Waals surface area contributed by atoms with Gasteiger partial charge in [0.05, 0.1) is 0 Å². The summed E-state index contributed by atoms with van der Waals surface area (Å²) >= 11 is 0. The predicted molar refractivity (Wildman–Crippen MR) is 66.1 cm³/mol. The number of hydrogen-bond acceptors (Lipinski definition) is 1. The highest BCUT2D eigenvalue weighted by atomic mass is 16.5. The third kappa shape index (κ3) is 1.61. The molecular weight excluding hydrogens is 196 g/mol. The summed E-state index contributed by atoms with van der Waals surface area (Å²) in [6.07, 6.45) is 4.25. The van der Waals surface area contributed by atoms with Gasteiger partial charge in [0.15, 0.2) is 0 Å². The molecule has 1 heteroatoms. The van der Waals surface area contributed by atoms with Gasteiger partial charge in [-0.2, -0.15) is 0 Å². The summed E-state index contributed by atoms with van der Waals surface area (Å²) in [5.74, 6) is 0.952. The lowest BCUT2D eigenvalue weighted by Crippen LogP contribution is -2.00. The number of ether oxygens (including phenoxy) is 1. The molecule has 0 radical (unpaired) electrons. The van der Waals surface area contributed by atoms with Crippen molar-refractivity contribution < 1.29 is 4.74 Å². The van der Waals surface area contributed by atoms with E-state index < -0.39 is 0 Å². The largest absolute Gasteiger partial charge is 0.488 e. The minimum atomic E-state index is 0.636. The molecule has 0 fully saturated rings. The summed E-state index contributed by atoms with van der Waals surface area (Å²) in [5.41, 5.74) is 3.60. The van der Waals surface area contributed by atoms with Crippen molar-refractivity contribution in [3.8, 4) is 5.75 Å². The van der Waals surface area contributed by atoms with Crippen molar-refractivity contribution in [2.24, 2.45) is 0 Å². The molecule has 3 rings (SSSR count). The van der Waals surface area contributed by atoms with Gasteiger partial charge < -0.3 is 4.74 Å². The quantitative estimate of drug-likeness (QED) is 0.640. The molecule has 1 aliphatic heterocycles. The van der Waals surface area contributed by atoms with Crippen LogP contribution < -0.4 is 4.74 Å². The van der Waals surface area contributed by atoms with Gasteiger partial charge in [-0.05, 0) is 17.2 Å². The average molecular weight is 208 g/mol. The molecule has 0 unspecified atom stereocenters. The zero-order valence-corrected chi connectivity index (χ0v) is 8.89. The Morgan fingerprint density at radius 3 is 2.38 bits per heavy atom. The molecule has 1 aliphatic rings. The maximum absolute atomic E-state index is 5.80. The second-order valence-corrected chi connectivity index (χ2v) is 3.86. The van der Waals surface area contributed by atoms with E-state index in [0.29, 0.717) is 6.61 Å². The van der Waals surface area contributed by atoms with Crippen LogP contribution in [-0.2, 0) is 6.61 Å². The number of para-hydroxylation sites is 1. The van der Waals surface area contributed by atoms with E-state index in [1.54, 1.807) is 0 Å². The monoisotopic (exact) mass is 208 g/mol. The Kier molecular flexibility index (Phi) is 2.22. The van der Waals surface area contributed by atoms with Crippen LogP contribution in [0.25, 0.3) is 12.2 Å². The topological polar surface area (TPSA) is 9.23 Å². The molecule has 0 N–H and O–H groups in total. The van der Waals surface area contributed by atoms with E-state index in [9.17, 15) is 0 Å². The minimum Gasteiger partial charge on any atom is -0.488 e. The van der Waals surface area contributed by atoms with Crippen molar-refractivity contribution in [1.29, 1.82) is 0 Å². The van der Waals surface area contributed by atoms with E-state index in [0.717, 1.165) is 11.3 Å². The fraction of sp³-hybridized carbons (Fsp3) is 0.0667. The molecule has 0 amide bonds. The number of fused-ring (bicyclic) bond motifs is 2. The van der Waals surface area contributed by atoms with Gasteiger partial charge in [-0.15, -0.1) is 0 Å². The van der Waals surface area contributed by atoms with Gasteiger partial charge in [0, 0.05) is 5.56 Å². The standard InChI is InChI=1S/C15H12O/c1-2-7-14-11-16-15-8-4-3-6-13(15)10-9-12(14)5-1/h1-10H,11H2/b10-9-. The first kappa shape index (κ1) is 9.22. The molecule has 0 saturated heterocycles. The Bertz CT molecular complexity index is 491. The molecule has 0 atom stereocenters. The molecular formula is C15H12O. The molecule has 0 spiro atoms. The van der Waals surface area contributed by atoms with Crippen LogP contribution in [0.4, 0.5) is 0 Å². The van der Waals surface area contributed by atoms with E-state index in [1.807, 2.05) is 24.3 Å². The number of rotatable bonds is 0. The van der Waals surface area contributed by atoms with E-state index in [1.165, 1.54) is 11.1 Å². The van der Waals surface area contributed by atoms with Crippen LogP contribution in [0, 0.1) is 0 Å². The Labute approximate surface area is 95.0 Å². The van der Waals surface area contributed by atoms with Gasteiger partial charge in [0.25, 0.3) is 0 Å². The Balaban J connectivity index is 2.10. The van der Waals surface area contributed by atoms with E-state index in [4.69, 9.17) is 4.74 Å². The van der Waals surface area contributed by atoms with Gasteiger partial charge in [0.2, 0.25) is 0 Å². The molecule has 78 valence electrons. The molecule has 2 aromatic carbocycles. The van der Waals surface area contributed by atoms with Crippen molar-refractivity contribution in [3.05, 3.63) is 65.2 Å². The summed E-state index contributed by atoms with van der Waals surface area (Å²) in [6.45, 7) is 0.636. The molecule has 0 aromatic heterocycles. The van der Waals surface area contributed by atoms with Crippen molar-refractivity contribution in [3.63, 3.8) is 0 Å². The average Bonchev–Trinajstić information content (AvgIpc) is 2.32. The smallest absolute Gasteiger partial charge is 0.127 e. The summed E-state index contributed by atoms with van der Waals surface area (Å²) in [6, 6.07) is 16.4. The lowest BCUT2D eigenvalue weighted by atomic mass is 10.0. The summed E-state index contributed by atoms with van der Waals surface area (Å²) < 4.78 is 5.80. The zero-order chi connectivity index (χ0) is 10.8. The number of benzene rings is 2. The van der Waals surface area contributed by atoms with Crippen molar-refractivity contribution in [2.45, 2.75) is 6.61 Å². The van der Waals surface area contributed by atoms with Gasteiger partial charge in [-0.1, -0.05) is 54.6 Å². The Morgan fingerprint density at radius 2 is 1.44 bits per heavy atom. The molecule has 0 bridgehead atoms. The minimum absolute atomic E-state index is 0.636. The molecule has 0 aliphatic carbocycles. The van der Waals surface area contributed by atoms with Gasteiger partial charge >= 0.3 is 0 Å². The highest BCUT2D eigenvalue weighted by Crippen LogP contribution is 2.25. The number of hydrogen-bond donors (Lipinski definition) is 0. The maximum Gasteiger partial charge on any atom is 0.127 e. The predicted octanol–water partition coefficient (Wildman–Crippen LogP) is 3.75. The lowest BCUT2D eigenvalue weighted by Gasteiger charge is -2.13. The Hall–Kier alpha value is -2.02. The molecule has 1 nitrogen and oxygen atoms in total.